The maximum Gasteiger partial charge on any atom is 0.338 e. The van der Waals surface area contributed by atoms with Gasteiger partial charge in [0.15, 0.2) is 18.5 Å². The third-order valence-corrected chi connectivity index (χ3v) is 5.11. The largest absolute Gasteiger partial charge is 0.467 e. The highest BCUT2D eigenvalue weighted by Crippen LogP contribution is 2.33. The summed E-state index contributed by atoms with van der Waals surface area (Å²) in [4.78, 5) is 26.8. The minimum Gasteiger partial charge on any atom is -0.467 e. The molecule has 1 amide bonds. The molecule has 0 aliphatic carbocycles. The fourth-order valence-corrected chi connectivity index (χ4v) is 3.62. The van der Waals surface area contributed by atoms with Gasteiger partial charge in [-0.25, -0.2) is 4.79 Å². The number of methoxy groups -OCH3 is 1. The predicted molar refractivity (Wildman–Crippen MR) is 102 cm³/mol. The van der Waals surface area contributed by atoms with Gasteiger partial charge in [-0.3, -0.25) is 4.79 Å². The Morgan fingerprint density at radius 2 is 1.66 bits per heavy atom. The molecule has 0 N–H and O–H groups in total. The molecule has 0 aromatic heterocycles. The number of morpholine rings is 1. The van der Waals surface area contributed by atoms with Crippen LogP contribution in [0.1, 0.15) is 11.1 Å². The molecule has 2 aromatic carbocycles. The van der Waals surface area contributed by atoms with Gasteiger partial charge in [0, 0.05) is 6.54 Å². The number of ether oxygens (including phenoxy) is 4. The lowest BCUT2D eigenvalue weighted by molar-refractivity contribution is -0.185. The molecule has 0 radical (unpaired) electrons. The van der Waals surface area contributed by atoms with Crippen molar-refractivity contribution in [3.63, 3.8) is 0 Å². The van der Waals surface area contributed by atoms with Gasteiger partial charge in [-0.2, -0.15) is 0 Å². The molecule has 152 valence electrons. The van der Waals surface area contributed by atoms with Crippen LogP contribution < -0.4 is 0 Å². The maximum absolute atomic E-state index is 13.1. The number of carbonyl (C=O) groups excluding carboxylic acids is 2. The number of nitrogens with zero attached hydrogens (tertiary/aromatic N) is 1. The Hall–Kier alpha value is -2.74. The molecular weight excluding hydrogens is 374 g/mol. The van der Waals surface area contributed by atoms with Gasteiger partial charge in [0.1, 0.15) is 6.04 Å². The van der Waals surface area contributed by atoms with Crippen molar-refractivity contribution in [2.75, 3.05) is 13.7 Å². The first-order valence-corrected chi connectivity index (χ1v) is 9.52. The van der Waals surface area contributed by atoms with E-state index in [1.54, 1.807) is 4.90 Å². The number of amides is 1. The summed E-state index contributed by atoms with van der Waals surface area (Å²) in [5.41, 5.74) is 2.01. The normalized spacial score (nSPS) is 25.8. The first-order valence-electron chi connectivity index (χ1n) is 9.52. The van der Waals surface area contributed by atoms with Gasteiger partial charge >= 0.3 is 5.97 Å². The lowest BCUT2D eigenvalue weighted by Crippen LogP contribution is -2.57. The molecule has 2 saturated heterocycles. The number of hydrogen-bond donors (Lipinski definition) is 0. The molecule has 4 atom stereocenters. The summed E-state index contributed by atoms with van der Waals surface area (Å²) in [6.07, 6.45) is -2.81. The Labute approximate surface area is 169 Å². The molecule has 7 heteroatoms. The Morgan fingerprint density at radius 1 is 1.00 bits per heavy atom. The standard InChI is InChI=1S/C22H23NO6/c1-26-21(25)19-18-20(24)23(12-15-8-4-2-5-9-15)17(22(28-18)29-19)14-27-13-16-10-6-3-7-11-16/h2-11,17-19,22H,12-14H2,1H3/t17-,18+,19-,22-/m1/s1. The highest BCUT2D eigenvalue weighted by Gasteiger charge is 2.56. The van der Waals surface area contributed by atoms with Crippen molar-refractivity contribution in [2.45, 2.75) is 37.7 Å². The molecule has 2 fully saturated rings. The predicted octanol–water partition coefficient (Wildman–Crippen LogP) is 1.90. The fraction of sp³-hybridized carbons (Fsp3) is 0.364. The fourth-order valence-electron chi connectivity index (χ4n) is 3.62. The lowest BCUT2D eigenvalue weighted by atomic mass is 10.1. The van der Waals surface area contributed by atoms with E-state index in [0.29, 0.717) is 13.2 Å². The monoisotopic (exact) mass is 397 g/mol. The van der Waals surface area contributed by atoms with Crippen LogP contribution in [0.2, 0.25) is 0 Å². The van der Waals surface area contributed by atoms with Crippen LogP contribution in [0.5, 0.6) is 0 Å². The van der Waals surface area contributed by atoms with Crippen molar-refractivity contribution in [3.8, 4) is 0 Å². The number of esters is 1. The van der Waals surface area contributed by atoms with Crippen molar-refractivity contribution < 1.29 is 28.5 Å². The second-order valence-electron chi connectivity index (χ2n) is 7.02. The highest BCUT2D eigenvalue weighted by molar-refractivity contribution is 5.90. The van der Waals surface area contributed by atoms with E-state index in [1.165, 1.54) is 7.11 Å². The van der Waals surface area contributed by atoms with Crippen LogP contribution in [0.4, 0.5) is 0 Å². The van der Waals surface area contributed by atoms with Gasteiger partial charge in [-0.15, -0.1) is 0 Å². The number of hydrogen-bond acceptors (Lipinski definition) is 6. The van der Waals surface area contributed by atoms with E-state index in [0.717, 1.165) is 11.1 Å². The first kappa shape index (κ1) is 19.6. The molecule has 2 heterocycles. The Morgan fingerprint density at radius 3 is 2.31 bits per heavy atom. The van der Waals surface area contributed by atoms with Crippen molar-refractivity contribution in [2.24, 2.45) is 0 Å². The minimum absolute atomic E-state index is 0.221. The zero-order valence-electron chi connectivity index (χ0n) is 16.1. The van der Waals surface area contributed by atoms with Crippen LogP contribution >= 0.6 is 0 Å². The molecule has 2 aliphatic heterocycles. The van der Waals surface area contributed by atoms with E-state index in [-0.39, 0.29) is 12.5 Å². The number of benzene rings is 2. The van der Waals surface area contributed by atoms with Crippen LogP contribution in [-0.2, 0) is 41.7 Å². The third-order valence-electron chi connectivity index (χ3n) is 5.11. The number of fused-ring (bicyclic) bond motifs is 2. The quantitative estimate of drug-likeness (QED) is 0.665. The zero-order chi connectivity index (χ0) is 20.2. The molecule has 4 rings (SSSR count). The van der Waals surface area contributed by atoms with Gasteiger partial charge in [0.2, 0.25) is 0 Å². The van der Waals surface area contributed by atoms with Gasteiger partial charge in [-0.1, -0.05) is 60.7 Å². The van der Waals surface area contributed by atoms with E-state index in [2.05, 4.69) is 0 Å². The molecule has 29 heavy (non-hydrogen) atoms. The summed E-state index contributed by atoms with van der Waals surface area (Å²) in [5, 5.41) is 0. The Bertz CT molecular complexity index is 843. The second-order valence-corrected chi connectivity index (χ2v) is 7.02. The van der Waals surface area contributed by atoms with Crippen LogP contribution in [0, 0.1) is 0 Å². The smallest absolute Gasteiger partial charge is 0.338 e. The van der Waals surface area contributed by atoms with E-state index >= 15 is 0 Å². The average Bonchev–Trinajstić information content (AvgIpc) is 3.17. The lowest BCUT2D eigenvalue weighted by Gasteiger charge is -2.38. The third kappa shape index (κ3) is 4.17. The van der Waals surface area contributed by atoms with E-state index < -0.39 is 30.5 Å². The van der Waals surface area contributed by atoms with Crippen LogP contribution in [0.3, 0.4) is 0 Å². The topological polar surface area (TPSA) is 74.3 Å². The van der Waals surface area contributed by atoms with E-state index in [4.69, 9.17) is 18.9 Å². The number of carbonyl (C=O) groups is 2. The summed E-state index contributed by atoms with van der Waals surface area (Å²) < 4.78 is 22.1. The Kier molecular flexibility index (Phi) is 5.89. The summed E-state index contributed by atoms with van der Waals surface area (Å²) >= 11 is 0. The SMILES string of the molecule is COC(=O)[C@@H]1O[C@H]2O[C@@H]1C(=O)N(Cc1ccccc1)[C@@H]2COCc1ccccc1. The maximum atomic E-state index is 13.1. The highest BCUT2D eigenvalue weighted by atomic mass is 16.8. The van der Waals surface area contributed by atoms with Gasteiger partial charge < -0.3 is 23.8 Å². The van der Waals surface area contributed by atoms with E-state index in [9.17, 15) is 9.59 Å². The summed E-state index contributed by atoms with van der Waals surface area (Å²) in [7, 11) is 1.26. The second kappa shape index (κ2) is 8.73. The zero-order valence-corrected chi connectivity index (χ0v) is 16.1. The van der Waals surface area contributed by atoms with Crippen LogP contribution in [0.15, 0.2) is 60.7 Å². The molecule has 2 bridgehead atoms. The van der Waals surface area contributed by atoms with Gasteiger partial charge in [0.25, 0.3) is 5.91 Å². The van der Waals surface area contributed by atoms with Gasteiger partial charge in [-0.05, 0) is 11.1 Å². The van der Waals surface area contributed by atoms with Crippen LogP contribution in [-0.4, -0.2) is 55.0 Å². The average molecular weight is 397 g/mol. The van der Waals surface area contributed by atoms with Crippen molar-refractivity contribution in [1.82, 2.24) is 4.90 Å². The minimum atomic E-state index is -1.06. The molecule has 2 aliphatic rings. The van der Waals surface area contributed by atoms with Gasteiger partial charge in [0.05, 0.1) is 20.3 Å². The summed E-state index contributed by atoms with van der Waals surface area (Å²) in [6.45, 7) is 1.01. The number of rotatable bonds is 7. The van der Waals surface area contributed by atoms with Crippen molar-refractivity contribution in [1.29, 1.82) is 0 Å². The summed E-state index contributed by atoms with van der Waals surface area (Å²) in [5.74, 6) is -0.914. The van der Waals surface area contributed by atoms with Crippen LogP contribution in [0.25, 0.3) is 0 Å². The molecule has 0 saturated carbocycles. The molecule has 2 aromatic rings. The molecular formula is C22H23NO6. The van der Waals surface area contributed by atoms with Crippen molar-refractivity contribution in [3.05, 3.63) is 71.8 Å². The van der Waals surface area contributed by atoms with E-state index in [1.807, 2.05) is 60.7 Å². The summed E-state index contributed by atoms with van der Waals surface area (Å²) in [6, 6.07) is 19.0. The molecule has 7 nitrogen and oxygen atoms in total. The Balaban J connectivity index is 1.52. The van der Waals surface area contributed by atoms with Crippen molar-refractivity contribution >= 4 is 11.9 Å². The molecule has 0 unspecified atom stereocenters. The molecule has 0 spiro atoms. The first-order chi connectivity index (χ1) is 14.2.